The van der Waals surface area contributed by atoms with Gasteiger partial charge in [0.05, 0.1) is 0 Å². The molecule has 5 rings (SSSR count). The monoisotopic (exact) mass is 431 g/mol. The first-order valence-corrected chi connectivity index (χ1v) is 10.8. The van der Waals surface area contributed by atoms with E-state index in [1.165, 1.54) is 19.3 Å². The summed E-state index contributed by atoms with van der Waals surface area (Å²) in [5, 5.41) is 6.17. The normalized spacial score (nSPS) is 14.8. The topological polar surface area (TPSA) is 88.6 Å². The number of aromatic nitrogens is 2. The van der Waals surface area contributed by atoms with E-state index >= 15 is 0 Å². The fourth-order valence-corrected chi connectivity index (χ4v) is 3.90. The predicted octanol–water partition coefficient (Wildman–Crippen LogP) is 4.50. The van der Waals surface area contributed by atoms with Crippen LogP contribution in [0.5, 0.6) is 11.5 Å². The molecule has 2 N–H and O–H groups in total. The summed E-state index contributed by atoms with van der Waals surface area (Å²) in [4.78, 5) is 24.1. The van der Waals surface area contributed by atoms with E-state index in [1.54, 1.807) is 18.2 Å². The molecule has 2 aromatic carbocycles. The maximum Gasteiger partial charge on any atom is 0.255 e. The first kappa shape index (κ1) is 20.1. The largest absolute Gasteiger partial charge is 0.454 e. The number of ether oxygens (including phenoxy) is 2. The van der Waals surface area contributed by atoms with Gasteiger partial charge in [0.2, 0.25) is 12.7 Å². The van der Waals surface area contributed by atoms with Crippen molar-refractivity contribution in [2.75, 3.05) is 35.4 Å². The average molecular weight is 431 g/mol. The van der Waals surface area contributed by atoms with E-state index in [9.17, 15) is 4.79 Å². The number of aryl methyl sites for hydroxylation is 1. The Balaban J connectivity index is 1.25. The molecule has 0 bridgehead atoms. The summed E-state index contributed by atoms with van der Waals surface area (Å²) in [7, 11) is 0. The van der Waals surface area contributed by atoms with Gasteiger partial charge in [-0.05, 0) is 68.7 Å². The van der Waals surface area contributed by atoms with Gasteiger partial charge in [0.15, 0.2) is 11.5 Å². The van der Waals surface area contributed by atoms with Crippen LogP contribution >= 0.6 is 0 Å². The van der Waals surface area contributed by atoms with Crippen molar-refractivity contribution in [3.8, 4) is 11.5 Å². The number of hydrogen-bond donors (Lipinski definition) is 2. The molecule has 0 saturated carbocycles. The van der Waals surface area contributed by atoms with Gasteiger partial charge in [-0.1, -0.05) is 0 Å². The summed E-state index contributed by atoms with van der Waals surface area (Å²) < 4.78 is 10.6. The number of hydrogen-bond acceptors (Lipinski definition) is 7. The van der Waals surface area contributed by atoms with Crippen molar-refractivity contribution in [2.24, 2.45) is 0 Å². The Morgan fingerprint density at radius 3 is 2.47 bits per heavy atom. The smallest absolute Gasteiger partial charge is 0.255 e. The van der Waals surface area contributed by atoms with E-state index in [0.717, 1.165) is 30.3 Å². The summed E-state index contributed by atoms with van der Waals surface area (Å²) in [5.74, 6) is 2.56. The fourth-order valence-electron chi connectivity index (χ4n) is 3.90. The molecule has 0 spiro atoms. The van der Waals surface area contributed by atoms with E-state index < -0.39 is 0 Å². The van der Waals surface area contributed by atoms with E-state index in [2.05, 4.69) is 20.5 Å². The fraction of sp³-hybridized carbons (Fsp3) is 0.292. The van der Waals surface area contributed by atoms with Crippen molar-refractivity contribution < 1.29 is 14.3 Å². The summed E-state index contributed by atoms with van der Waals surface area (Å²) in [6, 6.07) is 14.6. The number of nitrogens with zero attached hydrogens (tertiary/aromatic N) is 3. The molecule has 1 aromatic heterocycles. The lowest BCUT2D eigenvalue weighted by molar-refractivity contribution is 0.102. The van der Waals surface area contributed by atoms with E-state index in [0.29, 0.717) is 28.7 Å². The molecule has 2 aliphatic rings. The van der Waals surface area contributed by atoms with Gasteiger partial charge in [0, 0.05) is 41.8 Å². The Morgan fingerprint density at radius 2 is 1.66 bits per heavy atom. The van der Waals surface area contributed by atoms with Crippen molar-refractivity contribution in [3.63, 3.8) is 0 Å². The number of amides is 1. The van der Waals surface area contributed by atoms with E-state index in [4.69, 9.17) is 14.5 Å². The van der Waals surface area contributed by atoms with Crippen LogP contribution < -0.4 is 25.0 Å². The highest BCUT2D eigenvalue weighted by atomic mass is 16.7. The zero-order valence-corrected chi connectivity index (χ0v) is 17.9. The summed E-state index contributed by atoms with van der Waals surface area (Å²) in [5.41, 5.74) is 2.98. The third-order valence-corrected chi connectivity index (χ3v) is 5.55. The summed E-state index contributed by atoms with van der Waals surface area (Å²) >= 11 is 0. The Hall–Kier alpha value is -3.81. The Bertz CT molecular complexity index is 1130. The Morgan fingerprint density at radius 1 is 0.906 bits per heavy atom. The second-order valence-corrected chi connectivity index (χ2v) is 7.96. The van der Waals surface area contributed by atoms with Crippen LogP contribution in [0.25, 0.3) is 0 Å². The quantitative estimate of drug-likeness (QED) is 0.615. The molecular weight excluding hydrogens is 406 g/mol. The number of piperidine rings is 1. The molecule has 2 aliphatic heterocycles. The number of fused-ring (bicyclic) bond motifs is 1. The van der Waals surface area contributed by atoms with Crippen LogP contribution in [-0.4, -0.2) is 35.8 Å². The number of nitrogens with one attached hydrogen (secondary N) is 2. The number of carbonyl (C=O) groups excluding carboxylic acids is 1. The molecule has 1 fully saturated rings. The molecule has 0 atom stereocenters. The van der Waals surface area contributed by atoms with Gasteiger partial charge in [-0.2, -0.15) is 4.98 Å². The van der Waals surface area contributed by atoms with Crippen LogP contribution in [0.1, 0.15) is 35.3 Å². The predicted molar refractivity (Wildman–Crippen MR) is 123 cm³/mol. The lowest BCUT2D eigenvalue weighted by Crippen LogP contribution is -2.30. The minimum Gasteiger partial charge on any atom is -0.454 e. The lowest BCUT2D eigenvalue weighted by atomic mass is 10.1. The standard InChI is InChI=1S/C24H25N5O3/c1-16-13-22(29-11-3-2-4-12-29)28-24(25-16)27-19-8-6-18(7-9-19)26-23(30)17-5-10-20-21(14-17)32-15-31-20/h5-10,13-14H,2-4,11-12,15H2,1H3,(H,26,30)(H,25,27,28). The van der Waals surface area contributed by atoms with Crippen molar-refractivity contribution in [2.45, 2.75) is 26.2 Å². The molecule has 164 valence electrons. The first-order valence-electron chi connectivity index (χ1n) is 10.8. The van der Waals surface area contributed by atoms with Crippen molar-refractivity contribution in [1.82, 2.24) is 9.97 Å². The van der Waals surface area contributed by atoms with Crippen LogP contribution in [0.3, 0.4) is 0 Å². The van der Waals surface area contributed by atoms with Gasteiger partial charge < -0.3 is 25.0 Å². The molecule has 1 saturated heterocycles. The SMILES string of the molecule is Cc1cc(N2CCCCC2)nc(Nc2ccc(NC(=O)c3ccc4c(c3)OCO4)cc2)n1. The summed E-state index contributed by atoms with van der Waals surface area (Å²) in [6.45, 7) is 4.23. The maximum atomic E-state index is 12.6. The molecule has 0 radical (unpaired) electrons. The number of carbonyl (C=O) groups is 1. The molecule has 8 nitrogen and oxygen atoms in total. The third-order valence-electron chi connectivity index (χ3n) is 5.55. The number of benzene rings is 2. The van der Waals surface area contributed by atoms with Gasteiger partial charge in [0.25, 0.3) is 5.91 Å². The van der Waals surface area contributed by atoms with Crippen molar-refractivity contribution >= 4 is 29.0 Å². The maximum absolute atomic E-state index is 12.6. The molecule has 0 aliphatic carbocycles. The van der Waals surface area contributed by atoms with Gasteiger partial charge in [-0.25, -0.2) is 4.98 Å². The molecule has 3 aromatic rings. The van der Waals surface area contributed by atoms with Crippen LogP contribution in [0.15, 0.2) is 48.5 Å². The lowest BCUT2D eigenvalue weighted by Gasteiger charge is -2.28. The molecule has 0 unspecified atom stereocenters. The van der Waals surface area contributed by atoms with Gasteiger partial charge >= 0.3 is 0 Å². The molecular formula is C24H25N5O3. The van der Waals surface area contributed by atoms with E-state index in [1.807, 2.05) is 37.3 Å². The highest BCUT2D eigenvalue weighted by Gasteiger charge is 2.17. The minimum absolute atomic E-state index is 0.180. The average Bonchev–Trinajstić information content (AvgIpc) is 3.28. The molecule has 3 heterocycles. The molecule has 1 amide bonds. The van der Waals surface area contributed by atoms with Gasteiger partial charge in [-0.15, -0.1) is 0 Å². The zero-order chi connectivity index (χ0) is 21.9. The number of anilines is 4. The van der Waals surface area contributed by atoms with Crippen LogP contribution in [0, 0.1) is 6.92 Å². The van der Waals surface area contributed by atoms with Crippen LogP contribution in [0.4, 0.5) is 23.1 Å². The van der Waals surface area contributed by atoms with E-state index in [-0.39, 0.29) is 12.7 Å². The first-order chi connectivity index (χ1) is 15.6. The van der Waals surface area contributed by atoms with Crippen molar-refractivity contribution in [1.29, 1.82) is 0 Å². The van der Waals surface area contributed by atoms with Crippen LogP contribution in [0.2, 0.25) is 0 Å². The molecule has 8 heteroatoms. The second-order valence-electron chi connectivity index (χ2n) is 7.96. The van der Waals surface area contributed by atoms with Crippen molar-refractivity contribution in [3.05, 3.63) is 59.8 Å². The highest BCUT2D eigenvalue weighted by Crippen LogP contribution is 2.32. The van der Waals surface area contributed by atoms with Gasteiger partial charge in [-0.3, -0.25) is 4.79 Å². The second kappa shape index (κ2) is 8.74. The minimum atomic E-state index is -0.211. The Kier molecular flexibility index (Phi) is 5.49. The summed E-state index contributed by atoms with van der Waals surface area (Å²) in [6.07, 6.45) is 3.68. The Labute approximate surface area is 186 Å². The molecule has 32 heavy (non-hydrogen) atoms. The zero-order valence-electron chi connectivity index (χ0n) is 17.9. The third kappa shape index (κ3) is 4.44. The van der Waals surface area contributed by atoms with Gasteiger partial charge in [0.1, 0.15) is 5.82 Å². The van der Waals surface area contributed by atoms with Crippen LogP contribution in [-0.2, 0) is 0 Å². The highest BCUT2D eigenvalue weighted by molar-refractivity contribution is 6.04. The number of rotatable bonds is 5.